The van der Waals surface area contributed by atoms with E-state index < -0.39 is 0 Å². The van der Waals surface area contributed by atoms with Crippen molar-refractivity contribution in [3.05, 3.63) is 22.4 Å². The Morgan fingerprint density at radius 2 is 2.47 bits per heavy atom. The van der Waals surface area contributed by atoms with E-state index in [1.807, 2.05) is 11.3 Å². The van der Waals surface area contributed by atoms with Crippen molar-refractivity contribution in [3.8, 4) is 0 Å². The zero-order valence-electron chi connectivity index (χ0n) is 9.36. The van der Waals surface area contributed by atoms with E-state index in [-0.39, 0.29) is 0 Å². The summed E-state index contributed by atoms with van der Waals surface area (Å²) in [5.41, 5.74) is 5.72. The number of nitrogens with zero attached hydrogens (tertiary/aromatic N) is 1. The molecule has 2 heterocycles. The van der Waals surface area contributed by atoms with Crippen LogP contribution in [0.5, 0.6) is 0 Å². The first-order chi connectivity index (χ1) is 7.29. The minimum atomic E-state index is 0.721. The lowest BCUT2D eigenvalue weighted by Gasteiger charge is -2.20. The molecule has 15 heavy (non-hydrogen) atoms. The molecule has 2 atom stereocenters. The first-order valence-electron chi connectivity index (χ1n) is 5.76. The van der Waals surface area contributed by atoms with Gasteiger partial charge in [-0.25, -0.2) is 0 Å². The second-order valence-corrected chi connectivity index (χ2v) is 5.54. The summed E-state index contributed by atoms with van der Waals surface area (Å²) < 4.78 is 0. The molecule has 1 aromatic rings. The highest BCUT2D eigenvalue weighted by atomic mass is 32.1. The predicted octanol–water partition coefficient (Wildman–Crippen LogP) is 1.96. The summed E-state index contributed by atoms with van der Waals surface area (Å²) >= 11 is 1.86. The zero-order chi connectivity index (χ0) is 10.7. The molecule has 2 unspecified atom stereocenters. The topological polar surface area (TPSA) is 29.3 Å². The van der Waals surface area contributed by atoms with Gasteiger partial charge in [-0.3, -0.25) is 4.90 Å². The predicted molar refractivity (Wildman–Crippen MR) is 66.2 cm³/mol. The molecule has 1 aliphatic rings. The fraction of sp³-hybridized carbons (Fsp3) is 0.667. The summed E-state index contributed by atoms with van der Waals surface area (Å²) in [6.07, 6.45) is 2.47. The van der Waals surface area contributed by atoms with Gasteiger partial charge in [0.15, 0.2) is 0 Å². The Kier molecular flexibility index (Phi) is 3.78. The van der Waals surface area contributed by atoms with E-state index in [9.17, 15) is 0 Å². The van der Waals surface area contributed by atoms with Gasteiger partial charge in [-0.2, -0.15) is 0 Å². The van der Waals surface area contributed by atoms with Crippen LogP contribution in [0.3, 0.4) is 0 Å². The Labute approximate surface area is 96.1 Å². The maximum absolute atomic E-state index is 5.72. The fourth-order valence-corrected chi connectivity index (χ4v) is 3.11. The molecule has 0 aromatic carbocycles. The smallest absolute Gasteiger partial charge is 0.00707 e. The Morgan fingerprint density at radius 3 is 3.07 bits per heavy atom. The number of rotatable bonds is 4. The second kappa shape index (κ2) is 5.10. The SMILES string of the molecule is CC1CC(CN)CN1CCc1cccs1. The van der Waals surface area contributed by atoms with Crippen molar-refractivity contribution < 1.29 is 0 Å². The number of likely N-dealkylation sites (tertiary alicyclic amines) is 1. The minimum absolute atomic E-state index is 0.721. The highest BCUT2D eigenvalue weighted by molar-refractivity contribution is 7.09. The van der Waals surface area contributed by atoms with Crippen LogP contribution in [0, 0.1) is 5.92 Å². The van der Waals surface area contributed by atoms with Crippen LogP contribution in [0.4, 0.5) is 0 Å². The molecule has 0 amide bonds. The molecule has 1 aliphatic heterocycles. The summed E-state index contributed by atoms with van der Waals surface area (Å²) in [7, 11) is 0. The van der Waals surface area contributed by atoms with Gasteiger partial charge in [0.25, 0.3) is 0 Å². The van der Waals surface area contributed by atoms with Gasteiger partial charge in [0.2, 0.25) is 0 Å². The summed E-state index contributed by atoms with van der Waals surface area (Å²) in [6.45, 7) is 5.56. The van der Waals surface area contributed by atoms with Gasteiger partial charge in [-0.15, -0.1) is 11.3 Å². The van der Waals surface area contributed by atoms with Gasteiger partial charge in [0.1, 0.15) is 0 Å². The van der Waals surface area contributed by atoms with Crippen molar-refractivity contribution in [2.45, 2.75) is 25.8 Å². The van der Waals surface area contributed by atoms with Crippen LogP contribution < -0.4 is 5.73 Å². The molecule has 0 bridgehead atoms. The summed E-state index contributed by atoms with van der Waals surface area (Å²) in [5, 5.41) is 2.16. The molecule has 1 aromatic heterocycles. The van der Waals surface area contributed by atoms with E-state index in [2.05, 4.69) is 29.3 Å². The Bertz CT molecular complexity index is 284. The minimum Gasteiger partial charge on any atom is -0.330 e. The van der Waals surface area contributed by atoms with Crippen LogP contribution in [-0.2, 0) is 6.42 Å². The third-order valence-electron chi connectivity index (χ3n) is 3.35. The summed E-state index contributed by atoms with van der Waals surface area (Å²) in [5.74, 6) is 0.725. The molecule has 2 rings (SSSR count). The molecule has 0 spiro atoms. The lowest BCUT2D eigenvalue weighted by atomic mass is 10.1. The normalized spacial score (nSPS) is 27.3. The van der Waals surface area contributed by atoms with Crippen molar-refractivity contribution in [2.75, 3.05) is 19.6 Å². The van der Waals surface area contributed by atoms with Gasteiger partial charge in [0.05, 0.1) is 0 Å². The molecule has 2 N–H and O–H groups in total. The van der Waals surface area contributed by atoms with Crippen molar-refractivity contribution in [2.24, 2.45) is 11.7 Å². The molecule has 3 heteroatoms. The van der Waals surface area contributed by atoms with Crippen molar-refractivity contribution in [1.29, 1.82) is 0 Å². The Morgan fingerprint density at radius 1 is 1.60 bits per heavy atom. The number of thiophene rings is 1. The van der Waals surface area contributed by atoms with Crippen LogP contribution in [0.25, 0.3) is 0 Å². The van der Waals surface area contributed by atoms with Crippen LogP contribution in [0.1, 0.15) is 18.2 Å². The molecule has 1 fully saturated rings. The van der Waals surface area contributed by atoms with Gasteiger partial charge in [-0.1, -0.05) is 6.07 Å². The van der Waals surface area contributed by atoms with E-state index in [0.717, 1.165) is 18.5 Å². The molecule has 0 aliphatic carbocycles. The average Bonchev–Trinajstić information content (AvgIpc) is 2.84. The van der Waals surface area contributed by atoms with Gasteiger partial charge in [0, 0.05) is 24.0 Å². The van der Waals surface area contributed by atoms with Crippen LogP contribution in [0.15, 0.2) is 17.5 Å². The molecular weight excluding hydrogens is 204 g/mol. The van der Waals surface area contributed by atoms with Gasteiger partial charge < -0.3 is 5.73 Å². The summed E-state index contributed by atoms with van der Waals surface area (Å²) in [4.78, 5) is 4.08. The average molecular weight is 224 g/mol. The van der Waals surface area contributed by atoms with Crippen molar-refractivity contribution >= 4 is 11.3 Å². The molecule has 1 saturated heterocycles. The Balaban J connectivity index is 1.80. The highest BCUT2D eigenvalue weighted by Gasteiger charge is 2.27. The number of hydrogen-bond donors (Lipinski definition) is 1. The molecule has 2 nitrogen and oxygen atoms in total. The van der Waals surface area contributed by atoms with E-state index in [0.29, 0.717) is 0 Å². The quantitative estimate of drug-likeness (QED) is 0.847. The first-order valence-corrected chi connectivity index (χ1v) is 6.64. The molecular formula is C12H20N2S. The fourth-order valence-electron chi connectivity index (χ4n) is 2.41. The standard InChI is InChI=1S/C12H20N2S/c1-10-7-11(8-13)9-14(10)5-4-12-3-2-6-15-12/h2-3,6,10-11H,4-5,7-9,13H2,1H3. The van der Waals surface area contributed by atoms with Crippen molar-refractivity contribution in [3.63, 3.8) is 0 Å². The molecule has 0 radical (unpaired) electrons. The van der Waals surface area contributed by atoms with Gasteiger partial charge >= 0.3 is 0 Å². The van der Waals surface area contributed by atoms with Crippen molar-refractivity contribution in [1.82, 2.24) is 4.90 Å². The monoisotopic (exact) mass is 224 g/mol. The molecule has 0 saturated carbocycles. The highest BCUT2D eigenvalue weighted by Crippen LogP contribution is 2.22. The van der Waals surface area contributed by atoms with Crippen LogP contribution in [-0.4, -0.2) is 30.6 Å². The Hall–Kier alpha value is -0.380. The third-order valence-corrected chi connectivity index (χ3v) is 4.29. The first kappa shape index (κ1) is 11.1. The van der Waals surface area contributed by atoms with E-state index in [1.54, 1.807) is 0 Å². The molecule has 84 valence electrons. The summed E-state index contributed by atoms with van der Waals surface area (Å²) in [6, 6.07) is 5.08. The largest absolute Gasteiger partial charge is 0.330 e. The lowest BCUT2D eigenvalue weighted by molar-refractivity contribution is 0.268. The maximum Gasteiger partial charge on any atom is 0.00707 e. The lowest BCUT2D eigenvalue weighted by Crippen LogP contribution is -2.29. The van der Waals surface area contributed by atoms with Gasteiger partial charge in [-0.05, 0) is 43.7 Å². The maximum atomic E-state index is 5.72. The number of hydrogen-bond acceptors (Lipinski definition) is 3. The number of nitrogens with two attached hydrogens (primary N) is 1. The van der Waals surface area contributed by atoms with E-state index in [4.69, 9.17) is 5.73 Å². The van der Waals surface area contributed by atoms with E-state index in [1.165, 1.54) is 30.8 Å². The second-order valence-electron chi connectivity index (χ2n) is 4.51. The zero-order valence-corrected chi connectivity index (χ0v) is 10.2. The van der Waals surface area contributed by atoms with Crippen LogP contribution >= 0.6 is 11.3 Å². The van der Waals surface area contributed by atoms with Crippen LogP contribution in [0.2, 0.25) is 0 Å². The van der Waals surface area contributed by atoms with E-state index >= 15 is 0 Å². The third kappa shape index (κ3) is 2.80.